The molecule has 2 aromatic rings. The van der Waals surface area contributed by atoms with Crippen LogP contribution in [0.2, 0.25) is 0 Å². The van der Waals surface area contributed by atoms with E-state index in [1.807, 2.05) is 18.2 Å². The molecule has 1 aromatic carbocycles. The zero-order valence-corrected chi connectivity index (χ0v) is 13.2. The molecule has 0 spiro atoms. The van der Waals surface area contributed by atoms with Crippen LogP contribution in [0.4, 0.5) is 0 Å². The van der Waals surface area contributed by atoms with E-state index in [0.29, 0.717) is 0 Å². The van der Waals surface area contributed by atoms with Crippen molar-refractivity contribution < 1.29 is 9.47 Å². The van der Waals surface area contributed by atoms with Gasteiger partial charge in [-0.25, -0.2) is 4.98 Å². The average Bonchev–Trinajstić information content (AvgIpc) is 3.16. The van der Waals surface area contributed by atoms with E-state index in [9.17, 15) is 0 Å². The number of nitrogens with two attached hydrogens (primary N) is 1. The van der Waals surface area contributed by atoms with Gasteiger partial charge in [-0.05, 0) is 25.0 Å². The number of methoxy groups -OCH3 is 2. The summed E-state index contributed by atoms with van der Waals surface area (Å²) in [7, 11) is 3.31. The number of hydrogen-bond acceptors (Lipinski definition) is 5. The van der Waals surface area contributed by atoms with Gasteiger partial charge in [0.05, 0.1) is 25.5 Å². The fourth-order valence-corrected chi connectivity index (χ4v) is 3.85. The lowest BCUT2D eigenvalue weighted by Crippen LogP contribution is -2.32. The predicted molar refractivity (Wildman–Crippen MR) is 85.0 cm³/mol. The third-order valence-electron chi connectivity index (χ3n) is 4.11. The van der Waals surface area contributed by atoms with Gasteiger partial charge in [0.2, 0.25) is 0 Å². The third kappa shape index (κ3) is 2.63. The molecular weight excluding hydrogens is 284 g/mol. The molecule has 0 bridgehead atoms. The number of aromatic nitrogens is 1. The summed E-state index contributed by atoms with van der Waals surface area (Å²) >= 11 is 1.65. The highest BCUT2D eigenvalue weighted by Crippen LogP contribution is 2.40. The molecule has 0 aliphatic heterocycles. The van der Waals surface area contributed by atoms with Gasteiger partial charge in [0.25, 0.3) is 0 Å². The van der Waals surface area contributed by atoms with Crippen molar-refractivity contribution in [1.29, 1.82) is 0 Å². The molecule has 4 nitrogen and oxygen atoms in total. The van der Waals surface area contributed by atoms with E-state index < -0.39 is 0 Å². The Hall–Kier alpha value is -1.59. The van der Waals surface area contributed by atoms with Crippen molar-refractivity contribution in [2.45, 2.75) is 31.2 Å². The van der Waals surface area contributed by atoms with Gasteiger partial charge in [-0.1, -0.05) is 12.8 Å². The smallest absolute Gasteiger partial charge is 0.131 e. The maximum Gasteiger partial charge on any atom is 0.131 e. The second-order valence-corrected chi connectivity index (χ2v) is 6.33. The quantitative estimate of drug-likeness (QED) is 0.938. The molecule has 3 rings (SSSR count). The van der Waals surface area contributed by atoms with Crippen LogP contribution in [-0.4, -0.2) is 19.2 Å². The molecule has 2 N–H and O–H groups in total. The number of hydrogen-bond donors (Lipinski definition) is 1. The summed E-state index contributed by atoms with van der Waals surface area (Å²) in [5.41, 5.74) is 8.15. The highest BCUT2D eigenvalue weighted by atomic mass is 32.1. The van der Waals surface area contributed by atoms with Crippen LogP contribution in [0.3, 0.4) is 0 Å². The van der Waals surface area contributed by atoms with Gasteiger partial charge < -0.3 is 15.2 Å². The molecule has 0 radical (unpaired) electrons. The maximum absolute atomic E-state index is 6.48. The molecule has 1 saturated carbocycles. The lowest BCUT2D eigenvalue weighted by Gasteiger charge is -2.19. The Morgan fingerprint density at radius 2 is 1.95 bits per heavy atom. The van der Waals surface area contributed by atoms with Gasteiger partial charge in [0, 0.05) is 17.0 Å². The Bertz CT molecular complexity index is 633. The van der Waals surface area contributed by atoms with Crippen LogP contribution in [0.15, 0.2) is 23.6 Å². The number of thiazole rings is 1. The van der Waals surface area contributed by atoms with E-state index in [-0.39, 0.29) is 5.54 Å². The first-order valence-electron chi connectivity index (χ1n) is 7.13. The minimum Gasteiger partial charge on any atom is -0.497 e. The van der Waals surface area contributed by atoms with Crippen LogP contribution in [0.1, 0.15) is 30.7 Å². The topological polar surface area (TPSA) is 57.4 Å². The number of ether oxygens (including phenoxy) is 2. The number of nitrogens with zero attached hydrogens (tertiary/aromatic N) is 1. The molecule has 112 valence electrons. The Morgan fingerprint density at radius 3 is 2.62 bits per heavy atom. The van der Waals surface area contributed by atoms with E-state index in [1.165, 1.54) is 12.8 Å². The summed E-state index contributed by atoms with van der Waals surface area (Å²) in [6.07, 6.45) is 4.44. The molecule has 1 aliphatic carbocycles. The fourth-order valence-electron chi connectivity index (χ4n) is 2.86. The summed E-state index contributed by atoms with van der Waals surface area (Å²) in [5, 5.41) is 3.10. The van der Waals surface area contributed by atoms with Crippen LogP contribution >= 0.6 is 11.3 Å². The van der Waals surface area contributed by atoms with E-state index in [1.54, 1.807) is 25.6 Å². The molecule has 21 heavy (non-hydrogen) atoms. The number of rotatable bonds is 4. The summed E-state index contributed by atoms with van der Waals surface area (Å²) in [6, 6.07) is 5.78. The van der Waals surface area contributed by atoms with Crippen LogP contribution in [0.25, 0.3) is 11.3 Å². The average molecular weight is 304 g/mol. The van der Waals surface area contributed by atoms with Gasteiger partial charge in [-0.3, -0.25) is 0 Å². The molecule has 0 saturated heterocycles. The second kappa shape index (κ2) is 5.66. The van der Waals surface area contributed by atoms with Gasteiger partial charge in [-0.2, -0.15) is 0 Å². The zero-order valence-electron chi connectivity index (χ0n) is 12.4. The van der Waals surface area contributed by atoms with Crippen molar-refractivity contribution in [2.75, 3.05) is 14.2 Å². The van der Waals surface area contributed by atoms with Crippen molar-refractivity contribution in [2.24, 2.45) is 5.73 Å². The Kier molecular flexibility index (Phi) is 3.87. The lowest BCUT2D eigenvalue weighted by atomic mass is 10.0. The van der Waals surface area contributed by atoms with Crippen molar-refractivity contribution in [1.82, 2.24) is 4.98 Å². The summed E-state index contributed by atoms with van der Waals surface area (Å²) < 4.78 is 10.7. The molecule has 0 unspecified atom stereocenters. The summed E-state index contributed by atoms with van der Waals surface area (Å²) in [5.74, 6) is 1.54. The van der Waals surface area contributed by atoms with E-state index in [4.69, 9.17) is 20.2 Å². The minimum absolute atomic E-state index is 0.234. The number of benzene rings is 1. The third-order valence-corrected chi connectivity index (χ3v) is 5.17. The normalized spacial score (nSPS) is 16.9. The molecular formula is C16H20N2O2S. The van der Waals surface area contributed by atoms with Crippen LogP contribution in [-0.2, 0) is 5.54 Å². The molecule has 0 atom stereocenters. The second-order valence-electron chi connectivity index (χ2n) is 5.47. The van der Waals surface area contributed by atoms with E-state index in [2.05, 4.69) is 5.38 Å². The van der Waals surface area contributed by atoms with Gasteiger partial charge >= 0.3 is 0 Å². The first-order chi connectivity index (χ1) is 10.2. The highest BCUT2D eigenvalue weighted by molar-refractivity contribution is 7.10. The minimum atomic E-state index is -0.234. The maximum atomic E-state index is 6.48. The molecule has 1 fully saturated rings. The lowest BCUT2D eigenvalue weighted by molar-refractivity contribution is 0.395. The Balaban J connectivity index is 1.96. The molecule has 5 heteroatoms. The monoisotopic (exact) mass is 304 g/mol. The molecule has 1 heterocycles. The zero-order chi connectivity index (χ0) is 14.9. The summed E-state index contributed by atoms with van der Waals surface area (Å²) in [6.45, 7) is 0. The van der Waals surface area contributed by atoms with Gasteiger partial charge in [0.1, 0.15) is 16.5 Å². The first kappa shape index (κ1) is 14.4. The van der Waals surface area contributed by atoms with E-state index in [0.717, 1.165) is 40.6 Å². The fraction of sp³-hybridized carbons (Fsp3) is 0.438. The standard InChI is InChI=1S/C16H20N2O2S/c1-19-11-5-6-12(14(9-11)20-2)13-10-21-15(18-13)16(17)7-3-4-8-16/h5-6,9-10H,3-4,7-8,17H2,1-2H3. The summed E-state index contributed by atoms with van der Waals surface area (Å²) in [4.78, 5) is 4.77. The van der Waals surface area contributed by atoms with Crippen LogP contribution in [0, 0.1) is 0 Å². The van der Waals surface area contributed by atoms with E-state index >= 15 is 0 Å². The van der Waals surface area contributed by atoms with Gasteiger partial charge in [0.15, 0.2) is 0 Å². The Morgan fingerprint density at radius 1 is 1.19 bits per heavy atom. The first-order valence-corrected chi connectivity index (χ1v) is 8.01. The van der Waals surface area contributed by atoms with Crippen molar-refractivity contribution in [3.05, 3.63) is 28.6 Å². The van der Waals surface area contributed by atoms with Crippen molar-refractivity contribution in [3.63, 3.8) is 0 Å². The molecule has 1 aliphatic rings. The predicted octanol–water partition coefficient (Wildman–Crippen LogP) is 3.56. The largest absolute Gasteiger partial charge is 0.497 e. The highest BCUT2D eigenvalue weighted by Gasteiger charge is 2.34. The SMILES string of the molecule is COc1ccc(-c2csc(C3(N)CCCC3)n2)c(OC)c1. The van der Waals surface area contributed by atoms with Crippen molar-refractivity contribution >= 4 is 11.3 Å². The van der Waals surface area contributed by atoms with Crippen LogP contribution in [0.5, 0.6) is 11.5 Å². The van der Waals surface area contributed by atoms with Crippen molar-refractivity contribution in [3.8, 4) is 22.8 Å². The van der Waals surface area contributed by atoms with Crippen LogP contribution < -0.4 is 15.2 Å². The Labute approximate surface area is 128 Å². The molecule has 0 amide bonds. The molecule has 1 aromatic heterocycles. The van der Waals surface area contributed by atoms with Gasteiger partial charge in [-0.15, -0.1) is 11.3 Å².